The van der Waals surface area contributed by atoms with E-state index in [0.29, 0.717) is 19.5 Å². The van der Waals surface area contributed by atoms with Crippen LogP contribution in [-0.4, -0.2) is 62.0 Å². The van der Waals surface area contributed by atoms with E-state index in [1.54, 1.807) is 0 Å². The minimum atomic E-state index is 0.00274. The Hall–Kier alpha value is -0.360. The van der Waals surface area contributed by atoms with Gasteiger partial charge in [0.05, 0.1) is 5.38 Å². The molecule has 1 amide bonds. The summed E-state index contributed by atoms with van der Waals surface area (Å²) < 4.78 is 0. The summed E-state index contributed by atoms with van der Waals surface area (Å²) in [5, 5.41) is 6.55. The van der Waals surface area contributed by atoms with Crippen LogP contribution in [0.2, 0.25) is 0 Å². The van der Waals surface area contributed by atoms with E-state index in [0.717, 1.165) is 39.1 Å². The van der Waals surface area contributed by atoms with Crippen LogP contribution in [0, 0.1) is 0 Å². The van der Waals surface area contributed by atoms with Gasteiger partial charge < -0.3 is 21.3 Å². The van der Waals surface area contributed by atoms with Crippen LogP contribution in [0.5, 0.6) is 0 Å². The Bertz CT molecular complexity index is 228. The number of hydrogen-bond acceptors (Lipinski definition) is 4. The van der Waals surface area contributed by atoms with Gasteiger partial charge in [-0.25, -0.2) is 0 Å². The number of likely N-dealkylation sites (tertiary alicyclic amines) is 1. The van der Waals surface area contributed by atoms with Crippen molar-refractivity contribution in [1.82, 2.24) is 15.5 Å². The molecule has 1 aliphatic rings. The second-order valence-electron chi connectivity index (χ2n) is 4.28. The van der Waals surface area contributed by atoms with Gasteiger partial charge >= 0.3 is 0 Å². The topological polar surface area (TPSA) is 70.4 Å². The Balaban J connectivity index is 1.89. The van der Waals surface area contributed by atoms with Crippen molar-refractivity contribution in [1.29, 1.82) is 0 Å². The Morgan fingerprint density at radius 2 is 2.00 bits per heavy atom. The molecule has 1 saturated heterocycles. The number of carbonyl (C=O) groups excluding carboxylic acids is 1. The minimum absolute atomic E-state index is 0.00274. The number of alkyl halides is 1. The first kappa shape index (κ1) is 14.7. The van der Waals surface area contributed by atoms with Crippen LogP contribution >= 0.6 is 11.6 Å². The lowest BCUT2D eigenvalue weighted by atomic mass is 10.4. The fourth-order valence-corrected chi connectivity index (χ4v) is 2.14. The van der Waals surface area contributed by atoms with E-state index in [4.69, 9.17) is 17.3 Å². The van der Waals surface area contributed by atoms with Gasteiger partial charge in [0.15, 0.2) is 0 Å². The summed E-state index contributed by atoms with van der Waals surface area (Å²) in [5.41, 5.74) is 5.36. The molecule has 0 aromatic heterocycles. The highest BCUT2D eigenvalue weighted by atomic mass is 35.5. The molecule has 1 unspecified atom stereocenters. The van der Waals surface area contributed by atoms with Crippen LogP contribution in [0.1, 0.15) is 12.8 Å². The van der Waals surface area contributed by atoms with Crippen molar-refractivity contribution >= 4 is 17.5 Å². The molecule has 4 N–H and O–H groups in total. The average Bonchev–Trinajstić information content (AvgIpc) is 2.61. The predicted octanol–water partition coefficient (Wildman–Crippen LogP) is -0.646. The van der Waals surface area contributed by atoms with E-state index < -0.39 is 0 Å². The number of rotatable bonds is 9. The van der Waals surface area contributed by atoms with Gasteiger partial charge in [0, 0.05) is 39.1 Å². The summed E-state index contributed by atoms with van der Waals surface area (Å²) in [4.78, 5) is 13.2. The Labute approximate surface area is 108 Å². The Morgan fingerprint density at radius 3 is 2.59 bits per heavy atom. The molecule has 1 aliphatic heterocycles. The molecule has 0 spiro atoms. The first-order valence-corrected chi connectivity index (χ1v) is 6.71. The summed E-state index contributed by atoms with van der Waals surface area (Å²) in [7, 11) is 0. The maximum atomic E-state index is 11.4. The number of nitrogens with two attached hydrogens (primary N) is 1. The van der Waals surface area contributed by atoms with E-state index in [1.165, 1.54) is 0 Å². The molecule has 1 heterocycles. The monoisotopic (exact) mass is 262 g/mol. The van der Waals surface area contributed by atoms with E-state index in [-0.39, 0.29) is 11.3 Å². The second-order valence-corrected chi connectivity index (χ2v) is 4.90. The third-order valence-electron chi connectivity index (χ3n) is 2.75. The SMILES string of the molecule is NCCNCCCNCCN1CC(Cl)CC1=O. The smallest absolute Gasteiger partial charge is 0.224 e. The number of hydrogen-bond donors (Lipinski definition) is 3. The highest BCUT2D eigenvalue weighted by Gasteiger charge is 2.26. The summed E-state index contributed by atoms with van der Waals surface area (Å²) in [6.07, 6.45) is 1.57. The van der Waals surface area contributed by atoms with Crippen molar-refractivity contribution in [3.05, 3.63) is 0 Å². The van der Waals surface area contributed by atoms with Gasteiger partial charge in [-0.2, -0.15) is 0 Å². The normalized spacial score (nSPS) is 20.2. The predicted molar refractivity (Wildman–Crippen MR) is 70.2 cm³/mol. The third kappa shape index (κ3) is 6.21. The van der Waals surface area contributed by atoms with Crippen molar-refractivity contribution in [3.63, 3.8) is 0 Å². The molecular weight excluding hydrogens is 240 g/mol. The fraction of sp³-hybridized carbons (Fsp3) is 0.909. The minimum Gasteiger partial charge on any atom is -0.340 e. The van der Waals surface area contributed by atoms with E-state index in [1.807, 2.05) is 4.90 Å². The highest BCUT2D eigenvalue weighted by molar-refractivity contribution is 6.22. The highest BCUT2D eigenvalue weighted by Crippen LogP contribution is 2.15. The molecule has 0 saturated carbocycles. The van der Waals surface area contributed by atoms with Gasteiger partial charge in [-0.1, -0.05) is 0 Å². The molecule has 100 valence electrons. The van der Waals surface area contributed by atoms with E-state index in [9.17, 15) is 4.79 Å². The number of carbonyl (C=O) groups is 1. The summed E-state index contributed by atoms with van der Waals surface area (Å²) in [6.45, 7) is 5.80. The zero-order valence-corrected chi connectivity index (χ0v) is 11.0. The van der Waals surface area contributed by atoms with E-state index in [2.05, 4.69) is 10.6 Å². The van der Waals surface area contributed by atoms with Crippen LogP contribution in [0.4, 0.5) is 0 Å². The summed E-state index contributed by atoms with van der Waals surface area (Å²) in [6, 6.07) is 0. The molecule has 1 atom stereocenters. The lowest BCUT2D eigenvalue weighted by Crippen LogP contribution is -2.34. The van der Waals surface area contributed by atoms with Crippen molar-refractivity contribution in [2.24, 2.45) is 5.73 Å². The zero-order valence-electron chi connectivity index (χ0n) is 10.3. The molecule has 0 aromatic carbocycles. The largest absolute Gasteiger partial charge is 0.340 e. The zero-order chi connectivity index (χ0) is 12.5. The standard InChI is InChI=1S/C11H23ClN4O/c12-10-8-11(17)16(9-10)7-6-15-4-1-3-14-5-2-13/h10,14-15H,1-9,13H2. The maximum Gasteiger partial charge on any atom is 0.224 e. The molecule has 0 aliphatic carbocycles. The second kappa shape index (κ2) is 8.69. The fourth-order valence-electron chi connectivity index (χ4n) is 1.84. The Morgan fingerprint density at radius 1 is 1.29 bits per heavy atom. The molecule has 0 bridgehead atoms. The van der Waals surface area contributed by atoms with Crippen molar-refractivity contribution in [2.75, 3.05) is 45.8 Å². The van der Waals surface area contributed by atoms with Gasteiger partial charge in [0.1, 0.15) is 0 Å². The lowest BCUT2D eigenvalue weighted by Gasteiger charge is -2.15. The number of amides is 1. The van der Waals surface area contributed by atoms with Crippen molar-refractivity contribution in [3.8, 4) is 0 Å². The maximum absolute atomic E-state index is 11.4. The van der Waals surface area contributed by atoms with Gasteiger partial charge in [0.2, 0.25) is 5.91 Å². The van der Waals surface area contributed by atoms with Crippen molar-refractivity contribution in [2.45, 2.75) is 18.2 Å². The lowest BCUT2D eigenvalue weighted by molar-refractivity contribution is -0.127. The first-order chi connectivity index (χ1) is 8.24. The van der Waals surface area contributed by atoms with Crippen LogP contribution in [0.25, 0.3) is 0 Å². The van der Waals surface area contributed by atoms with Gasteiger partial charge in [-0.05, 0) is 19.5 Å². The van der Waals surface area contributed by atoms with Gasteiger partial charge in [-0.3, -0.25) is 4.79 Å². The van der Waals surface area contributed by atoms with Crippen LogP contribution in [-0.2, 0) is 4.79 Å². The van der Waals surface area contributed by atoms with Crippen LogP contribution < -0.4 is 16.4 Å². The van der Waals surface area contributed by atoms with Crippen molar-refractivity contribution < 1.29 is 4.79 Å². The van der Waals surface area contributed by atoms with Crippen LogP contribution in [0.15, 0.2) is 0 Å². The molecule has 17 heavy (non-hydrogen) atoms. The van der Waals surface area contributed by atoms with Gasteiger partial charge in [-0.15, -0.1) is 11.6 Å². The third-order valence-corrected chi connectivity index (χ3v) is 3.05. The molecule has 1 rings (SSSR count). The molecule has 0 radical (unpaired) electrons. The molecule has 6 heteroatoms. The quantitative estimate of drug-likeness (QED) is 0.382. The van der Waals surface area contributed by atoms with Gasteiger partial charge in [0.25, 0.3) is 0 Å². The molecule has 0 aromatic rings. The Kier molecular flexibility index (Phi) is 7.51. The summed E-state index contributed by atoms with van der Waals surface area (Å²) >= 11 is 5.91. The van der Waals surface area contributed by atoms with E-state index >= 15 is 0 Å². The number of halogens is 1. The summed E-state index contributed by atoms with van der Waals surface area (Å²) in [5.74, 6) is 0.177. The molecule has 5 nitrogen and oxygen atoms in total. The average molecular weight is 263 g/mol. The number of nitrogens with one attached hydrogen (secondary N) is 2. The number of nitrogens with zero attached hydrogens (tertiary/aromatic N) is 1. The molecule has 1 fully saturated rings. The first-order valence-electron chi connectivity index (χ1n) is 6.27. The van der Waals surface area contributed by atoms with Crippen LogP contribution in [0.3, 0.4) is 0 Å². The molecular formula is C11H23ClN4O.